The Balaban J connectivity index is 1.46. The molecule has 0 bridgehead atoms. The van der Waals surface area contributed by atoms with E-state index in [2.05, 4.69) is 9.97 Å². The number of aromatic nitrogens is 2. The summed E-state index contributed by atoms with van der Waals surface area (Å²) in [5, 5.41) is 3.65. The molecule has 0 saturated carbocycles. The van der Waals surface area contributed by atoms with Crippen molar-refractivity contribution in [1.29, 1.82) is 0 Å². The van der Waals surface area contributed by atoms with Crippen LogP contribution in [-0.2, 0) is 14.3 Å². The number of carbonyl (C=O) groups is 2. The van der Waals surface area contributed by atoms with E-state index in [0.29, 0.717) is 0 Å². The SMILES string of the molecule is O=C(CSc1ncnc2sccc12)OCC(=O)N1CCCCC1. The van der Waals surface area contributed by atoms with Crippen LogP contribution in [0, 0.1) is 0 Å². The topological polar surface area (TPSA) is 72.4 Å². The molecular formula is C15H17N3O3S2. The number of thiophene rings is 1. The molecule has 23 heavy (non-hydrogen) atoms. The number of piperidine rings is 1. The highest BCUT2D eigenvalue weighted by atomic mass is 32.2. The van der Waals surface area contributed by atoms with Crippen molar-refractivity contribution in [2.24, 2.45) is 0 Å². The van der Waals surface area contributed by atoms with Gasteiger partial charge in [0.1, 0.15) is 16.2 Å². The first-order chi connectivity index (χ1) is 11.2. The molecule has 1 aliphatic rings. The largest absolute Gasteiger partial charge is 0.455 e. The van der Waals surface area contributed by atoms with Crippen molar-refractivity contribution in [1.82, 2.24) is 14.9 Å². The normalized spacial score (nSPS) is 14.9. The molecule has 2 aromatic heterocycles. The Morgan fingerprint density at radius 1 is 1.26 bits per heavy atom. The summed E-state index contributed by atoms with van der Waals surface area (Å²) < 4.78 is 5.08. The molecule has 0 radical (unpaired) electrons. The lowest BCUT2D eigenvalue weighted by Gasteiger charge is -2.26. The summed E-state index contributed by atoms with van der Waals surface area (Å²) in [6, 6.07) is 1.94. The van der Waals surface area contributed by atoms with Crippen molar-refractivity contribution in [3.8, 4) is 0 Å². The van der Waals surface area contributed by atoms with E-state index in [0.717, 1.165) is 47.6 Å². The van der Waals surface area contributed by atoms with Gasteiger partial charge >= 0.3 is 5.97 Å². The van der Waals surface area contributed by atoms with Crippen LogP contribution >= 0.6 is 23.1 Å². The van der Waals surface area contributed by atoms with Crippen molar-refractivity contribution in [3.63, 3.8) is 0 Å². The van der Waals surface area contributed by atoms with Crippen LogP contribution in [0.25, 0.3) is 10.2 Å². The van der Waals surface area contributed by atoms with Crippen LogP contribution in [0.3, 0.4) is 0 Å². The van der Waals surface area contributed by atoms with E-state index in [9.17, 15) is 9.59 Å². The average Bonchev–Trinajstić information content (AvgIpc) is 3.07. The predicted octanol–water partition coefficient (Wildman–Crippen LogP) is 2.34. The number of hydrogen-bond acceptors (Lipinski definition) is 7. The molecule has 0 unspecified atom stereocenters. The minimum absolute atomic E-state index is 0.106. The van der Waals surface area contributed by atoms with Crippen LogP contribution < -0.4 is 0 Å². The summed E-state index contributed by atoms with van der Waals surface area (Å²) in [6.07, 6.45) is 4.71. The number of thioether (sulfide) groups is 1. The molecule has 0 atom stereocenters. The lowest BCUT2D eigenvalue weighted by Crippen LogP contribution is -2.38. The molecule has 122 valence electrons. The molecule has 8 heteroatoms. The van der Waals surface area contributed by atoms with Gasteiger partial charge in [-0.1, -0.05) is 11.8 Å². The molecule has 3 heterocycles. The van der Waals surface area contributed by atoms with Crippen molar-refractivity contribution in [2.75, 3.05) is 25.4 Å². The Morgan fingerprint density at radius 2 is 2.09 bits per heavy atom. The van der Waals surface area contributed by atoms with Gasteiger partial charge in [-0.2, -0.15) is 0 Å². The van der Waals surface area contributed by atoms with Crippen LogP contribution in [0.15, 0.2) is 22.8 Å². The molecule has 0 aliphatic carbocycles. The molecule has 1 amide bonds. The highest BCUT2D eigenvalue weighted by molar-refractivity contribution is 8.00. The van der Waals surface area contributed by atoms with Crippen LogP contribution in [0.4, 0.5) is 0 Å². The van der Waals surface area contributed by atoms with E-state index < -0.39 is 5.97 Å². The van der Waals surface area contributed by atoms with E-state index in [1.807, 2.05) is 11.4 Å². The van der Waals surface area contributed by atoms with Gasteiger partial charge < -0.3 is 9.64 Å². The molecule has 0 aromatic carbocycles. The fourth-order valence-corrected chi connectivity index (χ4v) is 4.01. The Hall–Kier alpha value is -1.67. The number of hydrogen-bond donors (Lipinski definition) is 0. The third-order valence-corrected chi connectivity index (χ3v) is 5.42. The number of ether oxygens (including phenoxy) is 1. The van der Waals surface area contributed by atoms with Gasteiger partial charge in [0, 0.05) is 18.5 Å². The molecular weight excluding hydrogens is 334 g/mol. The van der Waals surface area contributed by atoms with Gasteiger partial charge in [0.25, 0.3) is 5.91 Å². The van der Waals surface area contributed by atoms with E-state index in [4.69, 9.17) is 4.74 Å². The van der Waals surface area contributed by atoms with E-state index in [1.54, 1.807) is 4.90 Å². The molecule has 1 fully saturated rings. The van der Waals surface area contributed by atoms with E-state index in [-0.39, 0.29) is 18.3 Å². The lowest BCUT2D eigenvalue weighted by molar-refractivity contribution is -0.150. The van der Waals surface area contributed by atoms with Gasteiger partial charge in [-0.3, -0.25) is 9.59 Å². The maximum absolute atomic E-state index is 11.9. The monoisotopic (exact) mass is 351 g/mol. The van der Waals surface area contributed by atoms with Crippen molar-refractivity contribution in [2.45, 2.75) is 24.3 Å². The molecule has 1 saturated heterocycles. The second-order valence-corrected chi connectivity index (χ2v) is 7.07. The third-order valence-electron chi connectivity index (χ3n) is 3.62. The maximum Gasteiger partial charge on any atom is 0.316 e. The zero-order valence-corrected chi connectivity index (χ0v) is 14.2. The molecule has 0 N–H and O–H groups in total. The van der Waals surface area contributed by atoms with Crippen molar-refractivity contribution in [3.05, 3.63) is 17.8 Å². The Bertz CT molecular complexity index is 698. The number of rotatable bonds is 5. The van der Waals surface area contributed by atoms with Gasteiger partial charge in [-0.25, -0.2) is 9.97 Å². The summed E-state index contributed by atoms with van der Waals surface area (Å²) in [5.74, 6) is -0.373. The minimum Gasteiger partial charge on any atom is -0.455 e. The summed E-state index contributed by atoms with van der Waals surface area (Å²) in [7, 11) is 0. The van der Waals surface area contributed by atoms with E-state index >= 15 is 0 Å². The first kappa shape index (κ1) is 16.2. The smallest absolute Gasteiger partial charge is 0.316 e. The summed E-state index contributed by atoms with van der Waals surface area (Å²) in [4.78, 5) is 34.8. The molecule has 0 spiro atoms. The van der Waals surface area contributed by atoms with Crippen LogP contribution in [0.2, 0.25) is 0 Å². The van der Waals surface area contributed by atoms with Crippen LogP contribution in [-0.4, -0.2) is 52.2 Å². The van der Waals surface area contributed by atoms with Gasteiger partial charge in [0.05, 0.1) is 5.75 Å². The quantitative estimate of drug-likeness (QED) is 0.468. The van der Waals surface area contributed by atoms with Crippen LogP contribution in [0.5, 0.6) is 0 Å². The number of carbonyl (C=O) groups excluding carboxylic acids is 2. The molecule has 2 aromatic rings. The second-order valence-electron chi connectivity index (χ2n) is 5.21. The zero-order valence-electron chi connectivity index (χ0n) is 12.6. The number of amides is 1. The Morgan fingerprint density at radius 3 is 2.91 bits per heavy atom. The molecule has 3 rings (SSSR count). The zero-order chi connectivity index (χ0) is 16.1. The van der Waals surface area contributed by atoms with Crippen molar-refractivity contribution >= 4 is 45.2 Å². The Labute approximate surface area is 142 Å². The highest BCUT2D eigenvalue weighted by Crippen LogP contribution is 2.27. The van der Waals surface area contributed by atoms with Gasteiger partial charge in [-0.15, -0.1) is 11.3 Å². The minimum atomic E-state index is -0.401. The second kappa shape index (κ2) is 7.74. The maximum atomic E-state index is 11.9. The number of esters is 1. The fraction of sp³-hybridized carbons (Fsp3) is 0.467. The number of fused-ring (bicyclic) bond motifs is 1. The summed E-state index contributed by atoms with van der Waals surface area (Å²) in [6.45, 7) is 1.36. The average molecular weight is 351 g/mol. The van der Waals surface area contributed by atoms with Gasteiger partial charge in [-0.05, 0) is 30.7 Å². The first-order valence-electron chi connectivity index (χ1n) is 7.48. The van der Waals surface area contributed by atoms with Gasteiger partial charge in [0.15, 0.2) is 6.61 Å². The molecule has 6 nitrogen and oxygen atoms in total. The predicted molar refractivity (Wildman–Crippen MR) is 89.5 cm³/mol. The van der Waals surface area contributed by atoms with Gasteiger partial charge in [0.2, 0.25) is 0 Å². The highest BCUT2D eigenvalue weighted by Gasteiger charge is 2.18. The lowest BCUT2D eigenvalue weighted by atomic mass is 10.1. The fourth-order valence-electron chi connectivity index (χ4n) is 2.43. The summed E-state index contributed by atoms with van der Waals surface area (Å²) in [5.41, 5.74) is 0. The van der Waals surface area contributed by atoms with Crippen LogP contribution in [0.1, 0.15) is 19.3 Å². The molecule has 1 aliphatic heterocycles. The Kier molecular flexibility index (Phi) is 5.45. The first-order valence-corrected chi connectivity index (χ1v) is 9.35. The number of likely N-dealkylation sites (tertiary alicyclic amines) is 1. The summed E-state index contributed by atoms with van der Waals surface area (Å²) >= 11 is 2.84. The number of nitrogens with zero attached hydrogens (tertiary/aromatic N) is 3. The van der Waals surface area contributed by atoms with Crippen molar-refractivity contribution < 1.29 is 14.3 Å². The third kappa shape index (κ3) is 4.20. The van der Waals surface area contributed by atoms with E-state index in [1.165, 1.54) is 29.4 Å². The standard InChI is InChI=1S/C15H17N3O3S2/c19-12(18-5-2-1-3-6-18)8-21-13(20)9-23-15-11-4-7-22-14(11)16-10-17-15/h4,7,10H,1-3,5-6,8-9H2.